The predicted octanol–water partition coefficient (Wildman–Crippen LogP) is 4.14. The zero-order valence-corrected chi connectivity index (χ0v) is 18.5. The van der Waals surface area contributed by atoms with Crippen LogP contribution in [0.4, 0.5) is 10.1 Å². The Bertz CT molecular complexity index is 1030. The van der Waals surface area contributed by atoms with Crippen molar-refractivity contribution in [2.75, 3.05) is 24.5 Å². The van der Waals surface area contributed by atoms with E-state index < -0.39 is 15.8 Å². The molecular weight excluding hydrogens is 423 g/mol. The molecule has 0 spiro atoms. The summed E-state index contributed by atoms with van der Waals surface area (Å²) >= 11 is 1.77. The van der Waals surface area contributed by atoms with Crippen LogP contribution in [0.3, 0.4) is 0 Å². The Morgan fingerprint density at radius 3 is 2.57 bits per heavy atom. The van der Waals surface area contributed by atoms with Gasteiger partial charge in [0.05, 0.1) is 16.5 Å². The number of sulfonamides is 1. The second kappa shape index (κ2) is 8.69. The molecule has 2 heterocycles. The second-order valence-corrected chi connectivity index (χ2v) is 11.2. The molecular formula is C22H25FN2O3S2. The highest BCUT2D eigenvalue weighted by molar-refractivity contribution is 8.00. The van der Waals surface area contributed by atoms with Crippen LogP contribution in [0.1, 0.15) is 26.2 Å². The summed E-state index contributed by atoms with van der Waals surface area (Å²) in [6.45, 7) is 3.31. The van der Waals surface area contributed by atoms with Gasteiger partial charge >= 0.3 is 0 Å². The lowest BCUT2D eigenvalue weighted by Gasteiger charge is -2.34. The van der Waals surface area contributed by atoms with Gasteiger partial charge in [-0.05, 0) is 55.7 Å². The van der Waals surface area contributed by atoms with Gasteiger partial charge in [0.2, 0.25) is 15.9 Å². The first kappa shape index (κ1) is 21.3. The van der Waals surface area contributed by atoms with Gasteiger partial charge in [-0.25, -0.2) is 12.8 Å². The van der Waals surface area contributed by atoms with Crippen molar-refractivity contribution in [2.45, 2.75) is 41.2 Å². The number of rotatable bonds is 3. The van der Waals surface area contributed by atoms with Gasteiger partial charge < -0.3 is 4.90 Å². The van der Waals surface area contributed by atoms with Crippen LogP contribution in [-0.4, -0.2) is 43.5 Å². The van der Waals surface area contributed by atoms with Gasteiger partial charge in [-0.15, -0.1) is 11.8 Å². The monoisotopic (exact) mass is 448 g/mol. The maximum absolute atomic E-state index is 13.5. The van der Waals surface area contributed by atoms with E-state index in [0.29, 0.717) is 31.2 Å². The maximum atomic E-state index is 13.5. The minimum absolute atomic E-state index is 0.0174. The van der Waals surface area contributed by atoms with Crippen LogP contribution in [0.2, 0.25) is 0 Å². The molecule has 0 radical (unpaired) electrons. The lowest BCUT2D eigenvalue weighted by atomic mass is 9.97. The van der Waals surface area contributed by atoms with Gasteiger partial charge in [-0.3, -0.25) is 4.79 Å². The number of hydrogen-bond donors (Lipinski definition) is 0. The lowest BCUT2D eigenvalue weighted by molar-refractivity contribution is -0.123. The van der Waals surface area contributed by atoms with Crippen LogP contribution in [0.15, 0.2) is 58.3 Å². The molecule has 5 nitrogen and oxygen atoms in total. The van der Waals surface area contributed by atoms with Crippen molar-refractivity contribution < 1.29 is 17.6 Å². The van der Waals surface area contributed by atoms with Crippen LogP contribution in [0.5, 0.6) is 0 Å². The first-order chi connectivity index (χ1) is 14.4. The predicted molar refractivity (Wildman–Crippen MR) is 117 cm³/mol. The number of carbonyl (C=O) groups excluding carboxylic acids is 1. The fourth-order valence-corrected chi connectivity index (χ4v) is 6.69. The van der Waals surface area contributed by atoms with E-state index in [1.807, 2.05) is 29.2 Å². The Morgan fingerprint density at radius 1 is 1.07 bits per heavy atom. The van der Waals surface area contributed by atoms with Gasteiger partial charge in [0.25, 0.3) is 0 Å². The topological polar surface area (TPSA) is 57.7 Å². The molecule has 0 bridgehead atoms. The van der Waals surface area contributed by atoms with E-state index in [0.717, 1.165) is 29.1 Å². The zero-order chi connectivity index (χ0) is 21.3. The summed E-state index contributed by atoms with van der Waals surface area (Å²) in [6, 6.07) is 12.8. The molecule has 0 unspecified atom stereocenters. The largest absolute Gasteiger partial charge is 0.311 e. The Hall–Kier alpha value is -1.90. The number of para-hydroxylation sites is 1. The molecule has 2 atom stereocenters. The van der Waals surface area contributed by atoms with E-state index in [1.165, 1.54) is 16.4 Å². The van der Waals surface area contributed by atoms with Crippen molar-refractivity contribution in [3.05, 3.63) is 54.3 Å². The molecule has 160 valence electrons. The quantitative estimate of drug-likeness (QED) is 0.708. The number of amides is 1. The summed E-state index contributed by atoms with van der Waals surface area (Å²) in [5, 5.41) is 0.408. The first-order valence-corrected chi connectivity index (χ1v) is 12.5. The van der Waals surface area contributed by atoms with Gasteiger partial charge in [0.1, 0.15) is 5.82 Å². The molecule has 1 amide bonds. The minimum atomic E-state index is -3.76. The van der Waals surface area contributed by atoms with Gasteiger partial charge in [0.15, 0.2) is 0 Å². The molecule has 4 rings (SSSR count). The average molecular weight is 449 g/mol. The van der Waals surface area contributed by atoms with E-state index in [-0.39, 0.29) is 23.3 Å². The number of fused-ring (bicyclic) bond motifs is 1. The standard InChI is InChI=1S/C22H25FN2O3S2/c1-16-12-14-25(20-6-2-3-7-21(20)29-16)22(26)17-5-4-13-24(15-17)30(27,28)19-10-8-18(23)9-11-19/h2-3,6-11,16-17H,4-5,12-15H2,1H3/t16-,17-/m0/s1. The number of nitrogens with zero attached hydrogens (tertiary/aromatic N) is 2. The molecule has 8 heteroatoms. The van der Waals surface area contributed by atoms with Crippen molar-refractivity contribution in [1.29, 1.82) is 0 Å². The normalized spacial score (nSPS) is 22.9. The molecule has 0 N–H and O–H groups in total. The van der Waals surface area contributed by atoms with Gasteiger partial charge in [0, 0.05) is 29.8 Å². The van der Waals surface area contributed by atoms with E-state index >= 15 is 0 Å². The number of thioether (sulfide) groups is 1. The van der Waals surface area contributed by atoms with Gasteiger partial charge in [-0.2, -0.15) is 4.31 Å². The Kier molecular flexibility index (Phi) is 6.18. The van der Waals surface area contributed by atoms with Crippen molar-refractivity contribution in [3.63, 3.8) is 0 Å². The second-order valence-electron chi connectivity index (χ2n) is 7.83. The highest BCUT2D eigenvalue weighted by Crippen LogP contribution is 2.38. The van der Waals surface area contributed by atoms with Crippen LogP contribution < -0.4 is 4.90 Å². The molecule has 0 aliphatic carbocycles. The smallest absolute Gasteiger partial charge is 0.243 e. The molecule has 2 aliphatic rings. The molecule has 1 fully saturated rings. The summed E-state index contributed by atoms with van der Waals surface area (Å²) in [4.78, 5) is 16.5. The fourth-order valence-electron chi connectivity index (χ4n) is 4.05. The summed E-state index contributed by atoms with van der Waals surface area (Å²) in [5.41, 5.74) is 0.912. The van der Waals surface area contributed by atoms with Crippen molar-refractivity contribution in [2.24, 2.45) is 5.92 Å². The first-order valence-electron chi connectivity index (χ1n) is 10.2. The lowest BCUT2D eigenvalue weighted by Crippen LogP contribution is -2.47. The van der Waals surface area contributed by atoms with E-state index in [1.54, 1.807) is 11.8 Å². The number of benzene rings is 2. The average Bonchev–Trinajstić information content (AvgIpc) is 2.92. The third-order valence-corrected chi connectivity index (χ3v) is 8.81. The highest BCUT2D eigenvalue weighted by atomic mass is 32.2. The number of carbonyl (C=O) groups is 1. The number of hydrogen-bond acceptors (Lipinski definition) is 4. The number of halogens is 1. The highest BCUT2D eigenvalue weighted by Gasteiger charge is 2.36. The van der Waals surface area contributed by atoms with E-state index in [9.17, 15) is 17.6 Å². The summed E-state index contributed by atoms with van der Waals surface area (Å²) in [5.74, 6) is -0.885. The fraction of sp³-hybridized carbons (Fsp3) is 0.409. The van der Waals surface area contributed by atoms with E-state index in [4.69, 9.17) is 0 Å². The summed E-state index contributed by atoms with van der Waals surface area (Å²) in [6.07, 6.45) is 2.17. The SMILES string of the molecule is C[C@H]1CCN(C(=O)[C@H]2CCCN(S(=O)(=O)c3ccc(F)cc3)C2)c2ccccc2S1. The maximum Gasteiger partial charge on any atom is 0.243 e. The Morgan fingerprint density at radius 2 is 1.80 bits per heavy atom. The summed E-state index contributed by atoms with van der Waals surface area (Å²) in [7, 11) is -3.76. The van der Waals surface area contributed by atoms with E-state index in [2.05, 4.69) is 6.92 Å². The molecule has 2 aromatic rings. The van der Waals surface area contributed by atoms with Crippen molar-refractivity contribution >= 4 is 33.4 Å². The molecule has 30 heavy (non-hydrogen) atoms. The molecule has 0 aromatic heterocycles. The number of piperidine rings is 1. The molecule has 1 saturated heterocycles. The van der Waals surface area contributed by atoms with Crippen LogP contribution >= 0.6 is 11.8 Å². The van der Waals surface area contributed by atoms with Crippen LogP contribution in [0, 0.1) is 11.7 Å². The minimum Gasteiger partial charge on any atom is -0.311 e. The third-order valence-electron chi connectivity index (χ3n) is 5.69. The Labute approximate surface area is 181 Å². The third kappa shape index (κ3) is 4.26. The van der Waals surface area contributed by atoms with Crippen molar-refractivity contribution in [1.82, 2.24) is 4.31 Å². The molecule has 2 aliphatic heterocycles. The summed E-state index contributed by atoms with van der Waals surface area (Å²) < 4.78 is 40.6. The van der Waals surface area contributed by atoms with Gasteiger partial charge in [-0.1, -0.05) is 19.1 Å². The molecule has 2 aromatic carbocycles. The number of anilines is 1. The van der Waals surface area contributed by atoms with Crippen molar-refractivity contribution in [3.8, 4) is 0 Å². The Balaban J connectivity index is 1.56. The van der Waals surface area contributed by atoms with Crippen LogP contribution in [-0.2, 0) is 14.8 Å². The van der Waals surface area contributed by atoms with Crippen LogP contribution in [0.25, 0.3) is 0 Å². The zero-order valence-electron chi connectivity index (χ0n) is 16.8. The molecule has 0 saturated carbocycles.